The third-order valence-corrected chi connectivity index (χ3v) is 28.3. The van der Waals surface area contributed by atoms with E-state index in [1.54, 1.807) is 33.6 Å². The van der Waals surface area contributed by atoms with Crippen molar-refractivity contribution in [3.05, 3.63) is 188 Å². The van der Waals surface area contributed by atoms with Crippen LogP contribution in [0, 0.1) is 56.7 Å². The van der Waals surface area contributed by atoms with Crippen molar-refractivity contribution in [3.8, 4) is 0 Å². The molecule has 4 aromatic carbocycles. The minimum absolute atomic E-state index is 0.322. The van der Waals surface area contributed by atoms with Crippen LogP contribution in [0.4, 0.5) is 0 Å². The minimum atomic E-state index is 0.322. The second-order valence-corrected chi connectivity index (χ2v) is 43.1. The summed E-state index contributed by atoms with van der Waals surface area (Å²) in [6.07, 6.45) is 27.6. The molecule has 5 fully saturated rings. The fourth-order valence-corrected chi connectivity index (χ4v) is 18.4. The molecule has 104 heavy (non-hydrogen) atoms. The number of hydrogen-bond acceptors (Lipinski definition) is 3. The van der Waals surface area contributed by atoms with E-state index in [2.05, 4.69) is 347 Å². The first kappa shape index (κ1) is 90.3. The fourth-order valence-electron chi connectivity index (χ4n) is 17.3. The molecule has 3 heteroatoms. The lowest BCUT2D eigenvalue weighted by atomic mass is 9.61. The van der Waals surface area contributed by atoms with Crippen molar-refractivity contribution in [3.63, 3.8) is 0 Å². The lowest BCUT2D eigenvalue weighted by Crippen LogP contribution is -2.37. The summed E-state index contributed by atoms with van der Waals surface area (Å²) in [5.41, 5.74) is 19.0. The maximum Gasteiger partial charge on any atom is 0.0961 e. The Morgan fingerprint density at radius 3 is 0.971 bits per heavy atom. The number of aryl methyl sites for hydroxylation is 1. The molecule has 5 aliphatic carbocycles. The summed E-state index contributed by atoms with van der Waals surface area (Å²) >= 11 is 1.77. The smallest absolute Gasteiger partial charge is 0.0961 e. The number of rotatable bonds is 11. The summed E-state index contributed by atoms with van der Waals surface area (Å²) < 4.78 is 0. The van der Waals surface area contributed by atoms with Crippen LogP contribution in [0.25, 0.3) is 0 Å². The van der Waals surface area contributed by atoms with E-state index in [9.17, 15) is 0 Å². The van der Waals surface area contributed by atoms with Gasteiger partial charge >= 0.3 is 0 Å². The van der Waals surface area contributed by atoms with E-state index < -0.39 is 0 Å². The quantitative estimate of drug-likeness (QED) is 0.129. The van der Waals surface area contributed by atoms with Crippen molar-refractivity contribution < 1.29 is 0 Å². The van der Waals surface area contributed by atoms with E-state index in [-0.39, 0.29) is 0 Å². The molecule has 3 atom stereocenters. The van der Waals surface area contributed by atoms with Crippen molar-refractivity contribution >= 4 is 11.3 Å². The highest BCUT2D eigenvalue weighted by molar-refractivity contribution is 7.09. The van der Waals surface area contributed by atoms with Crippen molar-refractivity contribution in [2.24, 2.45) is 49.7 Å². The Morgan fingerprint density at radius 1 is 0.346 bits per heavy atom. The normalized spacial score (nSPS) is 18.7. The average Bonchev–Trinajstić information content (AvgIpc) is 1.57. The summed E-state index contributed by atoms with van der Waals surface area (Å²) in [7, 11) is 0. The molecule has 2 heterocycles. The first-order valence-electron chi connectivity index (χ1n) is 42.1. The first-order chi connectivity index (χ1) is 47.9. The van der Waals surface area contributed by atoms with Crippen LogP contribution in [-0.2, 0) is 21.7 Å². The van der Waals surface area contributed by atoms with Gasteiger partial charge in [-0.25, -0.2) is 4.98 Å². The van der Waals surface area contributed by atoms with Crippen LogP contribution < -0.4 is 0 Å². The molecule has 2 nitrogen and oxygen atoms in total. The second kappa shape index (κ2) is 36.9. The molecule has 5 saturated carbocycles. The van der Waals surface area contributed by atoms with Gasteiger partial charge in [0.05, 0.1) is 5.01 Å². The molecule has 0 amide bonds. The van der Waals surface area contributed by atoms with Crippen molar-refractivity contribution in [2.75, 3.05) is 0 Å². The molecule has 0 saturated heterocycles. The third kappa shape index (κ3) is 24.1. The summed E-state index contributed by atoms with van der Waals surface area (Å²) in [6.45, 7) is 76.6. The predicted octanol–water partition coefficient (Wildman–Crippen LogP) is 32.2. The molecular formula is C101H162N2S. The zero-order valence-corrected chi connectivity index (χ0v) is 74.9. The molecule has 11 rings (SSSR count). The molecule has 582 valence electrons. The predicted molar refractivity (Wildman–Crippen MR) is 464 cm³/mol. The van der Waals surface area contributed by atoms with Gasteiger partial charge in [-0.1, -0.05) is 382 Å². The number of thiazole rings is 1. The second-order valence-electron chi connectivity index (χ2n) is 42.2. The van der Waals surface area contributed by atoms with Gasteiger partial charge in [0.1, 0.15) is 0 Å². The zero-order chi connectivity index (χ0) is 78.5. The van der Waals surface area contributed by atoms with E-state index in [1.807, 2.05) is 18.5 Å². The molecule has 0 N–H and O–H groups in total. The molecule has 5 aliphatic rings. The van der Waals surface area contributed by atoms with Crippen LogP contribution >= 0.6 is 11.3 Å². The Kier molecular flexibility index (Phi) is 32.0. The Bertz CT molecular complexity index is 3420. The van der Waals surface area contributed by atoms with E-state index in [4.69, 9.17) is 0 Å². The molecule has 0 radical (unpaired) electrons. The van der Waals surface area contributed by atoms with Crippen LogP contribution in [-0.4, -0.2) is 9.97 Å². The third-order valence-electron chi connectivity index (χ3n) is 27.1. The maximum absolute atomic E-state index is 4.50. The Balaban J connectivity index is 0.000000220. The van der Waals surface area contributed by atoms with Gasteiger partial charge < -0.3 is 0 Å². The zero-order valence-electron chi connectivity index (χ0n) is 74.1. The fraction of sp³-hybridized carbons (Fsp3) is 0.683. The Hall–Kier alpha value is -4.34. The highest BCUT2D eigenvalue weighted by Crippen LogP contribution is 2.61. The largest absolute Gasteiger partial charge is 0.264 e. The number of aromatic nitrogens is 2. The van der Waals surface area contributed by atoms with Gasteiger partial charge in [-0.15, -0.1) is 11.3 Å². The van der Waals surface area contributed by atoms with Gasteiger partial charge in [-0.05, 0) is 194 Å². The Labute approximate surface area is 649 Å². The van der Waals surface area contributed by atoms with E-state index in [0.717, 1.165) is 17.5 Å². The van der Waals surface area contributed by atoms with E-state index >= 15 is 0 Å². The highest BCUT2D eigenvalue weighted by Gasteiger charge is 2.54. The van der Waals surface area contributed by atoms with Crippen LogP contribution in [0.5, 0.6) is 0 Å². The molecule has 0 unspecified atom stereocenters. The SMILES string of the molecule is CC(C)c1ccc(C2(C(C)(C)C)CC2)cc1.CC(C)c1ccc(C2(C(C)(C)C)CCCC2)cc1.CC(C)c1cccc(C2(C(C)(C)C)CC2)c1.CC(C)c1cccc(C2(C(C)(C)C)CCCC2)c1.C[C@@H](C1CCCCC1)C(C)(C)C.C[C@@H](c1cccnc1)C(C)(C)C.Cc1csc([C@H](C)C(C)(C)C)n1. The molecule has 0 spiro atoms. The van der Waals surface area contributed by atoms with Crippen LogP contribution in [0.1, 0.15) is 427 Å². The van der Waals surface area contributed by atoms with Crippen molar-refractivity contribution in [1.82, 2.24) is 9.97 Å². The van der Waals surface area contributed by atoms with E-state index in [1.165, 1.54) is 142 Å². The van der Waals surface area contributed by atoms with Crippen LogP contribution in [0.2, 0.25) is 0 Å². The monoisotopic (exact) mass is 1440 g/mol. The summed E-state index contributed by atoms with van der Waals surface area (Å²) in [4.78, 5) is 8.61. The number of hydrogen-bond donors (Lipinski definition) is 0. The summed E-state index contributed by atoms with van der Waals surface area (Å²) in [6, 6.07) is 41.6. The van der Waals surface area contributed by atoms with Gasteiger partial charge in [-0.2, -0.15) is 0 Å². The molecule has 2 aromatic heterocycles. The standard InChI is InChI=1S/2C18H28.2C16H24.C12H24.C11H17N.C10H17NS/c1-14(2)15-8-10-16(11-9-15)18(17(3,4)5)12-6-7-13-18;1-14(2)15-9-8-10-16(13-15)18(17(3,4)5)11-6-7-12-18;1-12(2)13-6-8-14(9-7-13)16(10-11-16)15(3,4)5;1-12(2)13-7-6-8-14(11-13)16(9-10-16)15(3,4)5;1-10(12(2,3)4)11-8-6-5-7-9-11;1-9(11(2,3)4)10-6-5-7-12-8-10;1-7-6-12-9(11-7)8(2)10(3,4)5/h8-11,14H,6-7,12-13H2,1-5H3;8-10,13-14H,6-7,11-12H2,1-5H3;6-9,12H,10-11H2,1-5H3;6-8,11-12H,9-10H2,1-5H3;10-11H,5-9H2,1-4H3;5-9H,1-4H3;6,8H,1-5H3/t;;;;10-;9-;8-/m....000/s1. The van der Waals surface area contributed by atoms with Crippen molar-refractivity contribution in [2.45, 2.75) is 395 Å². The number of benzene rings is 4. The van der Waals surface area contributed by atoms with Crippen LogP contribution in [0.3, 0.4) is 0 Å². The first-order valence-corrected chi connectivity index (χ1v) is 43.0. The molecule has 0 bridgehead atoms. The van der Waals surface area contributed by atoms with Crippen LogP contribution in [0.15, 0.2) is 127 Å². The topological polar surface area (TPSA) is 25.8 Å². The highest BCUT2D eigenvalue weighted by atomic mass is 32.1. The minimum Gasteiger partial charge on any atom is -0.264 e. The summed E-state index contributed by atoms with van der Waals surface area (Å²) in [5.74, 6) is 5.56. The lowest BCUT2D eigenvalue weighted by molar-refractivity contribution is 0.141. The van der Waals surface area contributed by atoms with Gasteiger partial charge in [0.15, 0.2) is 0 Å². The van der Waals surface area contributed by atoms with Gasteiger partial charge in [0, 0.05) is 51.0 Å². The van der Waals surface area contributed by atoms with Gasteiger partial charge in [0.2, 0.25) is 0 Å². The number of pyridine rings is 1. The maximum atomic E-state index is 4.50. The Morgan fingerprint density at radius 2 is 0.683 bits per heavy atom. The average molecular weight is 1440 g/mol. The molecule has 0 aliphatic heterocycles. The van der Waals surface area contributed by atoms with Crippen molar-refractivity contribution in [1.29, 1.82) is 0 Å². The van der Waals surface area contributed by atoms with Gasteiger partial charge in [-0.3, -0.25) is 4.98 Å². The van der Waals surface area contributed by atoms with E-state index in [0.29, 0.717) is 95.1 Å². The summed E-state index contributed by atoms with van der Waals surface area (Å²) in [5, 5.41) is 3.39. The molecule has 6 aromatic rings. The molecular weight excluding hydrogens is 1270 g/mol. The lowest BCUT2D eigenvalue weighted by Gasteiger charge is -2.43. The number of nitrogens with zero attached hydrogens (tertiary/aromatic N) is 2. The van der Waals surface area contributed by atoms with Gasteiger partial charge in [0.25, 0.3) is 0 Å².